The summed E-state index contributed by atoms with van der Waals surface area (Å²) in [6.07, 6.45) is 0. The van der Waals surface area contributed by atoms with E-state index in [2.05, 4.69) is 10.6 Å². The predicted molar refractivity (Wildman–Crippen MR) is 93.3 cm³/mol. The van der Waals surface area contributed by atoms with Gasteiger partial charge in [0.05, 0.1) is 19.9 Å². The third-order valence-electron chi connectivity index (χ3n) is 2.98. The summed E-state index contributed by atoms with van der Waals surface area (Å²) in [4.78, 5) is 24.0. The highest BCUT2D eigenvalue weighted by atomic mass is 35.5. The summed E-state index contributed by atoms with van der Waals surface area (Å²) in [5, 5.41) is 5.57. The molecule has 24 heavy (non-hydrogen) atoms. The molecule has 0 unspecified atom stereocenters. The molecule has 126 valence electrons. The van der Waals surface area contributed by atoms with Gasteiger partial charge in [0, 0.05) is 21.8 Å². The number of amides is 2. The van der Waals surface area contributed by atoms with Crippen molar-refractivity contribution in [2.24, 2.45) is 0 Å². The van der Waals surface area contributed by atoms with Crippen LogP contribution in [0.4, 0.5) is 11.4 Å². The maximum atomic E-state index is 12.0. The Morgan fingerprint density at radius 2 is 1.50 bits per heavy atom. The molecule has 0 radical (unpaired) electrons. The highest BCUT2D eigenvalue weighted by molar-refractivity contribution is 6.44. The molecule has 2 aromatic carbocycles. The SMILES string of the molecule is COc1ccc(NC(=O)C(=O)Nc2cc(Cl)cc(Cl)c2)c(OC)c1. The number of methoxy groups -OCH3 is 2. The number of nitrogens with one attached hydrogen (secondary N) is 2. The Morgan fingerprint density at radius 3 is 2.08 bits per heavy atom. The summed E-state index contributed by atoms with van der Waals surface area (Å²) in [5.41, 5.74) is 0.650. The summed E-state index contributed by atoms with van der Waals surface area (Å²) < 4.78 is 10.2. The molecule has 8 heteroatoms. The van der Waals surface area contributed by atoms with E-state index < -0.39 is 11.8 Å². The highest BCUT2D eigenvalue weighted by Gasteiger charge is 2.17. The minimum atomic E-state index is -0.869. The van der Waals surface area contributed by atoms with E-state index in [-0.39, 0.29) is 0 Å². The fraction of sp³-hybridized carbons (Fsp3) is 0.125. The van der Waals surface area contributed by atoms with Crippen LogP contribution < -0.4 is 20.1 Å². The van der Waals surface area contributed by atoms with Crippen molar-refractivity contribution in [3.8, 4) is 11.5 Å². The average molecular weight is 369 g/mol. The minimum absolute atomic E-state index is 0.314. The lowest BCUT2D eigenvalue weighted by atomic mass is 10.2. The number of carbonyl (C=O) groups excluding carboxylic acids is 2. The van der Waals surface area contributed by atoms with Crippen LogP contribution in [0.5, 0.6) is 11.5 Å². The average Bonchev–Trinajstić information content (AvgIpc) is 2.54. The van der Waals surface area contributed by atoms with Crippen molar-refractivity contribution in [3.05, 3.63) is 46.4 Å². The predicted octanol–water partition coefficient (Wildman–Crippen LogP) is 3.59. The molecule has 0 fully saturated rings. The van der Waals surface area contributed by atoms with Gasteiger partial charge in [0.25, 0.3) is 0 Å². The molecule has 0 aliphatic heterocycles. The molecule has 6 nitrogen and oxygen atoms in total. The van der Waals surface area contributed by atoms with Crippen LogP contribution in [0.25, 0.3) is 0 Å². The molecule has 0 saturated carbocycles. The topological polar surface area (TPSA) is 76.7 Å². The highest BCUT2D eigenvalue weighted by Crippen LogP contribution is 2.29. The first-order valence-electron chi connectivity index (χ1n) is 6.73. The van der Waals surface area contributed by atoms with Crippen LogP contribution in [0.15, 0.2) is 36.4 Å². The Labute approximate surface area is 148 Å². The summed E-state index contributed by atoms with van der Waals surface area (Å²) >= 11 is 11.7. The standard InChI is InChI=1S/C16H14Cl2N2O4/c1-23-12-3-4-13(14(8-12)24-2)20-16(22)15(21)19-11-6-9(17)5-10(18)7-11/h3-8H,1-2H3,(H,19,21)(H,20,22). The third kappa shape index (κ3) is 4.53. The molecule has 2 aromatic rings. The Morgan fingerprint density at radius 1 is 0.875 bits per heavy atom. The molecule has 0 heterocycles. The second kappa shape index (κ2) is 7.90. The van der Waals surface area contributed by atoms with Gasteiger partial charge in [-0.25, -0.2) is 0 Å². The lowest BCUT2D eigenvalue weighted by Crippen LogP contribution is -2.29. The van der Waals surface area contributed by atoms with E-state index in [0.29, 0.717) is 32.9 Å². The summed E-state index contributed by atoms with van der Waals surface area (Å²) in [6, 6.07) is 9.26. The van der Waals surface area contributed by atoms with Gasteiger partial charge in [-0.2, -0.15) is 0 Å². The van der Waals surface area contributed by atoms with Crippen LogP contribution in [-0.4, -0.2) is 26.0 Å². The molecule has 0 spiro atoms. The van der Waals surface area contributed by atoms with Crippen LogP contribution in [0.3, 0.4) is 0 Å². The van der Waals surface area contributed by atoms with Gasteiger partial charge < -0.3 is 20.1 Å². The zero-order valence-electron chi connectivity index (χ0n) is 12.9. The van der Waals surface area contributed by atoms with Gasteiger partial charge in [0.2, 0.25) is 0 Å². The van der Waals surface area contributed by atoms with E-state index in [1.807, 2.05) is 0 Å². The van der Waals surface area contributed by atoms with Crippen molar-refractivity contribution in [2.75, 3.05) is 24.9 Å². The van der Waals surface area contributed by atoms with Crippen LogP contribution in [0.2, 0.25) is 10.0 Å². The molecule has 0 aromatic heterocycles. The van der Waals surface area contributed by atoms with Crippen LogP contribution in [0, 0.1) is 0 Å². The lowest BCUT2D eigenvalue weighted by Gasteiger charge is -2.11. The monoisotopic (exact) mass is 368 g/mol. The van der Waals surface area contributed by atoms with Crippen molar-refractivity contribution in [1.29, 1.82) is 0 Å². The van der Waals surface area contributed by atoms with Crippen molar-refractivity contribution < 1.29 is 19.1 Å². The number of halogens is 2. The molecule has 0 aliphatic rings. The third-order valence-corrected chi connectivity index (χ3v) is 3.42. The van der Waals surface area contributed by atoms with Crippen molar-refractivity contribution >= 4 is 46.4 Å². The summed E-state index contributed by atoms with van der Waals surface area (Å²) in [6.45, 7) is 0. The van der Waals surface area contributed by atoms with Crippen molar-refractivity contribution in [3.63, 3.8) is 0 Å². The number of carbonyl (C=O) groups is 2. The van der Waals surface area contributed by atoms with E-state index >= 15 is 0 Å². The quantitative estimate of drug-likeness (QED) is 0.808. The van der Waals surface area contributed by atoms with E-state index in [9.17, 15) is 9.59 Å². The second-order valence-corrected chi connectivity index (χ2v) is 5.51. The first-order valence-corrected chi connectivity index (χ1v) is 7.49. The number of ether oxygens (including phenoxy) is 2. The van der Waals surface area contributed by atoms with Gasteiger partial charge in [-0.1, -0.05) is 23.2 Å². The number of hydrogen-bond acceptors (Lipinski definition) is 4. The minimum Gasteiger partial charge on any atom is -0.497 e. The van der Waals surface area contributed by atoms with E-state index in [1.54, 1.807) is 18.2 Å². The zero-order valence-corrected chi connectivity index (χ0v) is 14.4. The van der Waals surface area contributed by atoms with Crippen LogP contribution in [-0.2, 0) is 9.59 Å². The van der Waals surface area contributed by atoms with E-state index in [0.717, 1.165) is 0 Å². The Hall–Kier alpha value is -2.44. The molecule has 0 atom stereocenters. The molecule has 0 aliphatic carbocycles. The van der Waals surface area contributed by atoms with Gasteiger partial charge in [0.15, 0.2) is 0 Å². The first-order chi connectivity index (χ1) is 11.4. The molecule has 2 rings (SSSR count). The summed E-state index contributed by atoms with van der Waals surface area (Å²) in [7, 11) is 2.95. The Bertz CT molecular complexity index is 760. The first kappa shape index (κ1) is 17.9. The Kier molecular flexibility index (Phi) is 5.89. The number of benzene rings is 2. The van der Waals surface area contributed by atoms with Crippen molar-refractivity contribution in [1.82, 2.24) is 0 Å². The molecular formula is C16H14Cl2N2O4. The van der Waals surface area contributed by atoms with Gasteiger partial charge in [-0.05, 0) is 30.3 Å². The van der Waals surface area contributed by atoms with Crippen LogP contribution in [0.1, 0.15) is 0 Å². The summed E-state index contributed by atoms with van der Waals surface area (Å²) in [5.74, 6) is -0.815. The smallest absolute Gasteiger partial charge is 0.314 e. The molecule has 0 saturated heterocycles. The number of rotatable bonds is 4. The largest absolute Gasteiger partial charge is 0.497 e. The fourth-order valence-electron chi connectivity index (χ4n) is 1.89. The van der Waals surface area contributed by atoms with Gasteiger partial charge in [-0.3, -0.25) is 9.59 Å². The maximum Gasteiger partial charge on any atom is 0.314 e. The van der Waals surface area contributed by atoms with Gasteiger partial charge >= 0.3 is 11.8 Å². The van der Waals surface area contributed by atoms with Crippen LogP contribution >= 0.6 is 23.2 Å². The fourth-order valence-corrected chi connectivity index (χ4v) is 2.42. The number of anilines is 2. The number of hydrogen-bond donors (Lipinski definition) is 2. The normalized spacial score (nSPS) is 10.0. The van der Waals surface area contributed by atoms with E-state index in [1.165, 1.54) is 32.4 Å². The van der Waals surface area contributed by atoms with Crippen molar-refractivity contribution in [2.45, 2.75) is 0 Å². The Balaban J connectivity index is 2.10. The van der Waals surface area contributed by atoms with Gasteiger partial charge in [0.1, 0.15) is 11.5 Å². The second-order valence-electron chi connectivity index (χ2n) is 4.63. The molecule has 0 bridgehead atoms. The maximum absolute atomic E-state index is 12.0. The molecular weight excluding hydrogens is 355 g/mol. The zero-order chi connectivity index (χ0) is 17.7. The van der Waals surface area contributed by atoms with Gasteiger partial charge in [-0.15, -0.1) is 0 Å². The lowest BCUT2D eigenvalue weighted by molar-refractivity contribution is -0.133. The van der Waals surface area contributed by atoms with E-state index in [4.69, 9.17) is 32.7 Å². The molecule has 2 amide bonds. The molecule has 2 N–H and O–H groups in total.